The number of anilines is 2. The Bertz CT molecular complexity index is 1130. The number of ether oxygens (including phenoxy) is 1. The molecule has 30 heavy (non-hydrogen) atoms. The number of hydrogen-bond donors (Lipinski definition) is 1. The predicted molar refractivity (Wildman–Crippen MR) is 114 cm³/mol. The first-order valence-electron chi connectivity index (χ1n) is 9.63. The summed E-state index contributed by atoms with van der Waals surface area (Å²) in [6, 6.07) is 18.8. The van der Waals surface area contributed by atoms with Crippen LogP contribution in [0.15, 0.2) is 66.7 Å². The molecule has 0 aliphatic carbocycles. The molecule has 150 valence electrons. The fraction of sp³-hybridized carbons (Fsp3) is 0.125. The molecule has 0 spiro atoms. The molecule has 1 aliphatic rings. The number of hydrogen-bond acceptors (Lipinski definition) is 4. The lowest BCUT2D eigenvalue weighted by Crippen LogP contribution is -2.30. The number of aryl methyl sites for hydroxylation is 1. The fourth-order valence-electron chi connectivity index (χ4n) is 3.45. The molecule has 4 rings (SSSR count). The van der Waals surface area contributed by atoms with Gasteiger partial charge in [-0.2, -0.15) is 0 Å². The normalized spacial score (nSPS) is 12.7. The lowest BCUT2D eigenvalue weighted by Gasteiger charge is -2.18. The van der Waals surface area contributed by atoms with Crippen molar-refractivity contribution >= 4 is 29.1 Å². The van der Waals surface area contributed by atoms with Gasteiger partial charge < -0.3 is 10.1 Å². The minimum absolute atomic E-state index is 0.332. The van der Waals surface area contributed by atoms with Crippen LogP contribution in [0.25, 0.3) is 0 Å². The molecule has 0 atom stereocenters. The molecule has 0 radical (unpaired) electrons. The summed E-state index contributed by atoms with van der Waals surface area (Å²) >= 11 is 0. The topological polar surface area (TPSA) is 75.7 Å². The molecule has 3 aromatic rings. The van der Waals surface area contributed by atoms with Crippen LogP contribution in [0, 0.1) is 6.92 Å². The van der Waals surface area contributed by atoms with E-state index >= 15 is 0 Å². The summed E-state index contributed by atoms with van der Waals surface area (Å²) in [6.07, 6.45) is 0. The maximum atomic E-state index is 12.9. The SMILES string of the molecule is CCOc1ccccc1NC(=O)c1ccc(C)c(N2C(=O)c3ccccc3C2=O)c1. The number of imide groups is 1. The van der Waals surface area contributed by atoms with Gasteiger partial charge >= 0.3 is 0 Å². The van der Waals surface area contributed by atoms with E-state index in [9.17, 15) is 14.4 Å². The van der Waals surface area contributed by atoms with Crippen molar-refractivity contribution in [1.29, 1.82) is 0 Å². The second kappa shape index (κ2) is 7.83. The van der Waals surface area contributed by atoms with E-state index in [0.29, 0.717) is 40.4 Å². The van der Waals surface area contributed by atoms with Crippen LogP contribution in [0.3, 0.4) is 0 Å². The third-order valence-corrected chi connectivity index (χ3v) is 4.94. The van der Waals surface area contributed by atoms with Crippen LogP contribution in [0.2, 0.25) is 0 Å². The van der Waals surface area contributed by atoms with Gasteiger partial charge in [-0.25, -0.2) is 4.90 Å². The average molecular weight is 400 g/mol. The molecule has 3 aromatic carbocycles. The van der Waals surface area contributed by atoms with Gasteiger partial charge in [0, 0.05) is 5.56 Å². The molecule has 0 unspecified atom stereocenters. The molecule has 1 N–H and O–H groups in total. The lowest BCUT2D eigenvalue weighted by atomic mass is 10.1. The number of carbonyl (C=O) groups excluding carboxylic acids is 3. The Morgan fingerprint density at radius 3 is 2.23 bits per heavy atom. The van der Waals surface area contributed by atoms with Gasteiger partial charge in [0.1, 0.15) is 5.75 Å². The minimum Gasteiger partial charge on any atom is -0.492 e. The molecule has 1 heterocycles. The fourth-order valence-corrected chi connectivity index (χ4v) is 3.45. The largest absolute Gasteiger partial charge is 0.492 e. The first-order chi connectivity index (χ1) is 14.5. The molecule has 0 aromatic heterocycles. The van der Waals surface area contributed by atoms with E-state index in [-0.39, 0.29) is 5.91 Å². The van der Waals surface area contributed by atoms with E-state index in [1.807, 2.05) is 13.0 Å². The summed E-state index contributed by atoms with van der Waals surface area (Å²) in [6.45, 7) is 4.14. The molecular formula is C24H20N2O4. The number of benzene rings is 3. The van der Waals surface area contributed by atoms with Gasteiger partial charge in [-0.15, -0.1) is 0 Å². The highest BCUT2D eigenvalue weighted by atomic mass is 16.5. The number of nitrogens with one attached hydrogen (secondary N) is 1. The lowest BCUT2D eigenvalue weighted by molar-refractivity contribution is 0.0923. The Balaban J connectivity index is 1.66. The van der Waals surface area contributed by atoms with Crippen LogP contribution in [0.4, 0.5) is 11.4 Å². The van der Waals surface area contributed by atoms with Crippen molar-refractivity contribution in [1.82, 2.24) is 0 Å². The molecule has 0 bridgehead atoms. The number of nitrogens with zero attached hydrogens (tertiary/aromatic N) is 1. The number of fused-ring (bicyclic) bond motifs is 1. The highest BCUT2D eigenvalue weighted by Crippen LogP contribution is 2.32. The van der Waals surface area contributed by atoms with Crippen LogP contribution in [-0.4, -0.2) is 24.3 Å². The smallest absolute Gasteiger partial charge is 0.266 e. The van der Waals surface area contributed by atoms with Crippen LogP contribution < -0.4 is 15.0 Å². The van der Waals surface area contributed by atoms with Gasteiger partial charge in [-0.3, -0.25) is 14.4 Å². The Morgan fingerprint density at radius 2 is 1.57 bits per heavy atom. The third-order valence-electron chi connectivity index (χ3n) is 4.94. The van der Waals surface area contributed by atoms with Gasteiger partial charge in [0.2, 0.25) is 0 Å². The number of para-hydroxylation sites is 2. The highest BCUT2D eigenvalue weighted by Gasteiger charge is 2.37. The second-order valence-corrected chi connectivity index (χ2v) is 6.88. The van der Waals surface area contributed by atoms with Crippen LogP contribution >= 0.6 is 0 Å². The molecule has 0 saturated heterocycles. The zero-order chi connectivity index (χ0) is 21.3. The van der Waals surface area contributed by atoms with Crippen LogP contribution in [0.5, 0.6) is 5.75 Å². The van der Waals surface area contributed by atoms with E-state index < -0.39 is 11.8 Å². The highest BCUT2D eigenvalue weighted by molar-refractivity contribution is 6.34. The third kappa shape index (κ3) is 3.33. The van der Waals surface area contributed by atoms with Crippen molar-refractivity contribution in [3.63, 3.8) is 0 Å². The van der Waals surface area contributed by atoms with Crippen molar-refractivity contribution in [2.75, 3.05) is 16.8 Å². The average Bonchev–Trinajstić information content (AvgIpc) is 3.00. The first-order valence-corrected chi connectivity index (χ1v) is 9.63. The van der Waals surface area contributed by atoms with Crippen molar-refractivity contribution in [2.24, 2.45) is 0 Å². The van der Waals surface area contributed by atoms with E-state index in [4.69, 9.17) is 4.74 Å². The van der Waals surface area contributed by atoms with E-state index in [0.717, 1.165) is 10.5 Å². The Hall–Kier alpha value is -3.93. The van der Waals surface area contributed by atoms with Gasteiger partial charge in [-0.1, -0.05) is 30.3 Å². The number of amides is 3. The molecule has 0 saturated carbocycles. The van der Waals surface area contributed by atoms with E-state index in [1.165, 1.54) is 0 Å². The summed E-state index contributed by atoms with van der Waals surface area (Å²) in [4.78, 5) is 39.7. The zero-order valence-electron chi connectivity index (χ0n) is 16.6. The van der Waals surface area contributed by atoms with Gasteiger partial charge in [0.15, 0.2) is 0 Å². The van der Waals surface area contributed by atoms with Gasteiger partial charge in [0.05, 0.1) is 29.1 Å². The molecule has 3 amide bonds. The number of carbonyl (C=O) groups is 3. The van der Waals surface area contributed by atoms with E-state index in [2.05, 4.69) is 5.32 Å². The Labute approximate surface area is 174 Å². The summed E-state index contributed by atoms with van der Waals surface area (Å²) in [5.74, 6) is -0.572. The molecule has 6 nitrogen and oxygen atoms in total. The van der Waals surface area contributed by atoms with Crippen molar-refractivity contribution in [3.8, 4) is 5.75 Å². The molecule has 1 aliphatic heterocycles. The Morgan fingerprint density at radius 1 is 0.933 bits per heavy atom. The maximum Gasteiger partial charge on any atom is 0.266 e. The predicted octanol–water partition coefficient (Wildman–Crippen LogP) is 4.45. The van der Waals surface area contributed by atoms with Gasteiger partial charge in [-0.05, 0) is 55.8 Å². The number of rotatable bonds is 5. The monoisotopic (exact) mass is 400 g/mol. The van der Waals surface area contributed by atoms with Crippen molar-refractivity contribution in [2.45, 2.75) is 13.8 Å². The molecule has 6 heteroatoms. The standard InChI is InChI=1S/C24H20N2O4/c1-3-30-21-11-7-6-10-19(21)25-22(27)16-13-12-15(2)20(14-16)26-23(28)17-8-4-5-9-18(17)24(26)29/h4-14H,3H2,1-2H3,(H,25,27). The quantitative estimate of drug-likeness (QED) is 0.642. The molecule has 0 fully saturated rings. The van der Waals surface area contributed by atoms with Crippen molar-refractivity contribution < 1.29 is 19.1 Å². The summed E-state index contributed by atoms with van der Waals surface area (Å²) in [5.41, 5.74) is 2.72. The summed E-state index contributed by atoms with van der Waals surface area (Å²) in [5, 5.41) is 2.84. The summed E-state index contributed by atoms with van der Waals surface area (Å²) in [7, 11) is 0. The van der Waals surface area contributed by atoms with Gasteiger partial charge in [0.25, 0.3) is 17.7 Å². The second-order valence-electron chi connectivity index (χ2n) is 6.88. The first kappa shape index (κ1) is 19.4. The van der Waals surface area contributed by atoms with Crippen LogP contribution in [0.1, 0.15) is 43.6 Å². The zero-order valence-corrected chi connectivity index (χ0v) is 16.6. The summed E-state index contributed by atoms with van der Waals surface area (Å²) < 4.78 is 5.55. The maximum absolute atomic E-state index is 12.9. The van der Waals surface area contributed by atoms with Crippen molar-refractivity contribution in [3.05, 3.63) is 89.0 Å². The Kier molecular flexibility index (Phi) is 5.06. The minimum atomic E-state index is -0.391. The molecular weight excluding hydrogens is 380 g/mol. The van der Waals surface area contributed by atoms with E-state index in [1.54, 1.807) is 67.6 Å². The van der Waals surface area contributed by atoms with Crippen LogP contribution in [-0.2, 0) is 0 Å².